The maximum atomic E-state index is 10.3. The number of hydrogen-bond donors (Lipinski definition) is 1. The first-order valence-electron chi connectivity index (χ1n) is 4.00. The second-order valence-electron chi connectivity index (χ2n) is 2.92. The van der Waals surface area contributed by atoms with Gasteiger partial charge in [-0.05, 0) is 6.92 Å². The van der Waals surface area contributed by atoms with Gasteiger partial charge in [0, 0.05) is 373 Å². The molecule has 124 valence electrons. The first-order valence-corrected chi connectivity index (χ1v) is 4.00. The molecule has 0 unspecified atom stereocenters. The van der Waals surface area contributed by atoms with Crippen molar-refractivity contribution in [2.45, 2.75) is 13.8 Å². The largest absolute Gasteiger partial charge is 0.492 e. The van der Waals surface area contributed by atoms with Crippen LogP contribution in [0.3, 0.4) is 0 Å². The summed E-state index contributed by atoms with van der Waals surface area (Å²) in [6, 6.07) is 7.67. The van der Waals surface area contributed by atoms with Gasteiger partial charge in [-0.2, -0.15) is 11.6 Å². The van der Waals surface area contributed by atoms with Crippen molar-refractivity contribution in [3.05, 3.63) is 48.9 Å². The molecule has 1 N–H and O–H groups in total. The van der Waals surface area contributed by atoms with E-state index in [0.29, 0.717) is 5.57 Å². The first kappa shape index (κ1) is 83.2. The summed E-state index contributed by atoms with van der Waals surface area (Å²) in [4.78, 5) is 10.3. The van der Waals surface area contributed by atoms with Crippen LogP contribution < -0.4 is 0 Å². The Bertz CT molecular complexity index is 360. The van der Waals surface area contributed by atoms with Gasteiger partial charge in [-0.15, -0.1) is 12.1 Å². The van der Waals surface area contributed by atoms with Crippen LogP contribution in [-0.2, 0) is 4.79 Å². The molecular formula is C12H14O2U12-2. The van der Waals surface area contributed by atoms with Crippen molar-refractivity contribution >= 4 is 11.5 Å². The van der Waals surface area contributed by atoms with E-state index < -0.39 is 5.97 Å². The molecule has 0 spiro atoms. The van der Waals surface area contributed by atoms with Crippen LogP contribution in [0.2, 0.25) is 0 Å². The second kappa shape index (κ2) is 56.3. The third-order valence-electron chi connectivity index (χ3n) is 1.78. The van der Waals surface area contributed by atoms with Gasteiger partial charge in [-0.3, -0.25) is 4.79 Å². The quantitative estimate of drug-likeness (QED) is 0.366. The van der Waals surface area contributed by atoms with Crippen molar-refractivity contribution in [1.29, 1.82) is 0 Å². The first-order chi connectivity index (χ1) is 6.09. The molecule has 1 rings (SSSR count). The normalized spacial score (nSPS) is 5.69. The van der Waals surface area contributed by atoms with Gasteiger partial charge in [0.2, 0.25) is 5.97 Å². The van der Waals surface area contributed by atoms with Gasteiger partial charge < -0.3 is 12.5 Å². The number of benzene rings is 1. The molecule has 0 radical (unpaired) electrons. The number of carboxylic acids is 1. The maximum absolute atomic E-state index is 10.3. The van der Waals surface area contributed by atoms with E-state index >= 15 is 0 Å². The van der Waals surface area contributed by atoms with Gasteiger partial charge in [0.05, 0.1) is 0 Å². The van der Waals surface area contributed by atoms with E-state index in [9.17, 15) is 4.79 Å². The molecule has 0 fully saturated rings. The minimum absolute atomic E-state index is 0. The summed E-state index contributed by atoms with van der Waals surface area (Å²) in [5.41, 5.74) is 2.70. The summed E-state index contributed by atoms with van der Waals surface area (Å²) in [6.45, 7) is 3.72. The Morgan fingerprint density at radius 1 is 0.731 bits per heavy atom. The van der Waals surface area contributed by atoms with Crippen LogP contribution in [0, 0.1) is 394 Å². The molecule has 0 amide bonds. The average molecular weight is 3050 g/mol. The van der Waals surface area contributed by atoms with Crippen molar-refractivity contribution in [3.8, 4) is 0 Å². The van der Waals surface area contributed by atoms with Crippen LogP contribution in [0.5, 0.6) is 0 Å². The molecule has 0 saturated carbocycles. The van der Waals surface area contributed by atoms with Crippen molar-refractivity contribution in [3.63, 3.8) is 0 Å². The summed E-state index contributed by atoms with van der Waals surface area (Å²) >= 11 is 0. The Hall–Kier alpha value is 11.1. The monoisotopic (exact) mass is 3050 g/mol. The number of carbonyl (C=O) groups is 1. The minimum Gasteiger partial charge on any atom is -0.492 e. The SMILES string of the molecule is CC(=[C-]C(=O)O)c1ccc(C)cc1.[CH3-].[U].[U].[U].[U].[U].[U].[U].[U].[U].[U].[U].[U]. The Morgan fingerprint density at radius 3 is 1.23 bits per heavy atom. The maximum Gasteiger partial charge on any atom is 0.235 e. The average Bonchev–Trinajstić information content (AvgIpc) is 2.04. The van der Waals surface area contributed by atoms with E-state index in [4.69, 9.17) is 5.11 Å². The van der Waals surface area contributed by atoms with Gasteiger partial charge in [0.1, 0.15) is 0 Å². The van der Waals surface area contributed by atoms with Crippen LogP contribution in [0.25, 0.3) is 5.57 Å². The molecule has 1 aromatic carbocycles. The molecule has 0 bridgehead atoms. The zero-order valence-corrected chi connectivity index (χ0v) is 64.6. The van der Waals surface area contributed by atoms with Gasteiger partial charge in [-0.1, -0.05) is 24.6 Å². The Labute approximate surface area is 443 Å². The predicted octanol–water partition coefficient (Wildman–Crippen LogP) is 2.74. The van der Waals surface area contributed by atoms with Crippen LogP contribution >= 0.6 is 0 Å². The van der Waals surface area contributed by atoms with Crippen LogP contribution in [0.15, 0.2) is 24.3 Å². The van der Waals surface area contributed by atoms with Crippen LogP contribution in [0.1, 0.15) is 18.1 Å². The van der Waals surface area contributed by atoms with Gasteiger partial charge in [-0.25, -0.2) is 5.57 Å². The van der Waals surface area contributed by atoms with E-state index in [1.807, 2.05) is 31.2 Å². The fourth-order valence-corrected chi connectivity index (χ4v) is 1.04. The van der Waals surface area contributed by atoms with Crippen molar-refractivity contribution < 1.29 is 383 Å². The summed E-state index contributed by atoms with van der Waals surface area (Å²) in [7, 11) is 0. The zero-order valence-electron chi connectivity index (χ0n) is 14.7. The number of allylic oxidation sites excluding steroid dienone is 1. The molecule has 0 aliphatic carbocycles. The second-order valence-corrected chi connectivity index (χ2v) is 2.92. The van der Waals surface area contributed by atoms with E-state index in [0.717, 1.165) is 11.1 Å². The molecule has 2 nitrogen and oxygen atoms in total. The molecule has 0 aliphatic heterocycles. The van der Waals surface area contributed by atoms with Gasteiger partial charge >= 0.3 is 0 Å². The van der Waals surface area contributed by atoms with E-state index in [-0.39, 0.29) is 381 Å². The Balaban J connectivity index is -0.0000000118. The molecule has 0 saturated heterocycles. The fourth-order valence-electron chi connectivity index (χ4n) is 1.04. The van der Waals surface area contributed by atoms with Crippen molar-refractivity contribution in [2.24, 2.45) is 0 Å². The molecule has 0 heterocycles. The minimum atomic E-state index is -1.03. The van der Waals surface area contributed by atoms with E-state index in [2.05, 4.69) is 6.08 Å². The topological polar surface area (TPSA) is 37.3 Å². The Morgan fingerprint density at radius 2 is 1.00 bits per heavy atom. The molecule has 0 aliphatic rings. The third kappa shape index (κ3) is 48.2. The number of aliphatic carboxylic acids is 1. The number of carboxylic acid groups (broad SMARTS) is 1. The summed E-state index contributed by atoms with van der Waals surface area (Å²) in [6.07, 6.45) is 2.31. The number of aryl methyl sites for hydroxylation is 1. The molecule has 0 atom stereocenters. The number of rotatable bonds is 2. The van der Waals surface area contributed by atoms with E-state index in [1.165, 1.54) is 0 Å². The van der Waals surface area contributed by atoms with Gasteiger partial charge in [0.25, 0.3) is 0 Å². The smallest absolute Gasteiger partial charge is 0.235 e. The molecule has 1 aromatic rings. The van der Waals surface area contributed by atoms with Crippen LogP contribution in [0.4, 0.5) is 0 Å². The summed E-state index contributed by atoms with van der Waals surface area (Å²) in [5, 5.41) is 8.47. The molecule has 26 heavy (non-hydrogen) atoms. The van der Waals surface area contributed by atoms with Gasteiger partial charge in [0.15, 0.2) is 0 Å². The zero-order chi connectivity index (χ0) is 9.84. The predicted molar refractivity (Wildman–Crippen MR) is 57.6 cm³/mol. The molecular weight excluding hydrogens is 3030 g/mol. The number of hydrogen-bond acceptors (Lipinski definition) is 1. The van der Waals surface area contributed by atoms with Crippen molar-refractivity contribution in [2.75, 3.05) is 0 Å². The summed E-state index contributed by atoms with van der Waals surface area (Å²) < 4.78 is 0. The Kier molecular flexibility index (Phi) is 180. The standard InChI is InChI=1S/C11H11O2.CH3.12U/c1-8-3-5-10(6-4-8)9(2)7-11(12)13;;;;;;;;;;;;;/h3-6H,1-2H3,(H,12,13);1H3;;;;;;;;;;;;/q2*-1;;;;;;;;;;;;. The van der Waals surface area contributed by atoms with E-state index in [1.54, 1.807) is 6.92 Å². The van der Waals surface area contributed by atoms with Crippen LogP contribution in [-0.4, -0.2) is 11.1 Å². The van der Waals surface area contributed by atoms with Crippen molar-refractivity contribution in [1.82, 2.24) is 0 Å². The summed E-state index contributed by atoms with van der Waals surface area (Å²) in [5.74, 6) is -1.03. The molecule has 14 heteroatoms. The third-order valence-corrected chi connectivity index (χ3v) is 1.78. The molecule has 0 aromatic heterocycles. The fraction of sp³-hybridized carbons (Fsp3) is 0.167.